The Hall–Kier alpha value is -0.900. The first kappa shape index (κ1) is 11.6. The van der Waals surface area contributed by atoms with Crippen LogP contribution in [0.5, 0.6) is 0 Å². The zero-order chi connectivity index (χ0) is 11.4. The number of nitrogens with zero attached hydrogens (tertiary/aromatic N) is 2. The zero-order valence-electron chi connectivity index (χ0n) is 9.98. The molecule has 0 bridgehead atoms. The molecule has 0 spiro atoms. The molecule has 0 amide bonds. The summed E-state index contributed by atoms with van der Waals surface area (Å²) in [5, 5.41) is 4.03. The van der Waals surface area contributed by atoms with Crippen molar-refractivity contribution >= 4 is 0 Å². The van der Waals surface area contributed by atoms with Crippen LogP contribution in [0.1, 0.15) is 63.1 Å². The van der Waals surface area contributed by atoms with Crippen molar-refractivity contribution in [1.82, 2.24) is 10.1 Å². The standard InChI is InChI=1S/C12H21N3O/c1-2-3-7-11-14-12(16-15-11)9-5-4-6-10(13)8-9/h9-10H,2-8,13H2,1H3. The fourth-order valence-corrected chi connectivity index (χ4v) is 2.32. The number of unbranched alkanes of at least 4 members (excludes halogenated alkanes) is 1. The summed E-state index contributed by atoms with van der Waals surface area (Å²) < 4.78 is 5.33. The van der Waals surface area contributed by atoms with Crippen LogP contribution < -0.4 is 5.73 Å². The highest BCUT2D eigenvalue weighted by Crippen LogP contribution is 2.31. The number of rotatable bonds is 4. The molecule has 0 saturated heterocycles. The molecule has 1 aromatic heterocycles. The predicted octanol–water partition coefficient (Wildman–Crippen LogP) is 2.40. The van der Waals surface area contributed by atoms with Gasteiger partial charge < -0.3 is 10.3 Å². The van der Waals surface area contributed by atoms with E-state index >= 15 is 0 Å². The van der Waals surface area contributed by atoms with E-state index < -0.39 is 0 Å². The van der Waals surface area contributed by atoms with Crippen molar-refractivity contribution in [3.63, 3.8) is 0 Å². The van der Waals surface area contributed by atoms with Gasteiger partial charge in [0.05, 0.1) is 0 Å². The van der Waals surface area contributed by atoms with Crippen molar-refractivity contribution < 1.29 is 4.52 Å². The van der Waals surface area contributed by atoms with Crippen LogP contribution in [0.25, 0.3) is 0 Å². The van der Waals surface area contributed by atoms with Crippen molar-refractivity contribution in [2.24, 2.45) is 5.73 Å². The second kappa shape index (κ2) is 5.43. The summed E-state index contributed by atoms with van der Waals surface area (Å²) in [4.78, 5) is 4.47. The molecule has 2 atom stereocenters. The summed E-state index contributed by atoms with van der Waals surface area (Å²) in [6.45, 7) is 2.17. The molecule has 1 aromatic rings. The van der Waals surface area contributed by atoms with E-state index in [9.17, 15) is 0 Å². The lowest BCUT2D eigenvalue weighted by molar-refractivity contribution is 0.297. The van der Waals surface area contributed by atoms with E-state index in [1.165, 1.54) is 6.42 Å². The van der Waals surface area contributed by atoms with E-state index in [4.69, 9.17) is 10.3 Å². The number of nitrogens with two attached hydrogens (primary N) is 1. The molecular formula is C12H21N3O. The fourth-order valence-electron chi connectivity index (χ4n) is 2.32. The van der Waals surface area contributed by atoms with Gasteiger partial charge in [-0.25, -0.2) is 0 Å². The Morgan fingerprint density at radius 1 is 1.44 bits per heavy atom. The highest BCUT2D eigenvalue weighted by molar-refractivity contribution is 4.97. The molecule has 16 heavy (non-hydrogen) atoms. The molecule has 1 aliphatic rings. The maximum absolute atomic E-state index is 5.96. The van der Waals surface area contributed by atoms with E-state index in [2.05, 4.69) is 17.1 Å². The maximum atomic E-state index is 5.96. The van der Waals surface area contributed by atoms with Gasteiger partial charge in [-0.3, -0.25) is 0 Å². The Kier molecular flexibility index (Phi) is 3.93. The number of hydrogen-bond donors (Lipinski definition) is 1. The highest BCUT2D eigenvalue weighted by Gasteiger charge is 2.25. The first-order valence-corrected chi connectivity index (χ1v) is 6.37. The quantitative estimate of drug-likeness (QED) is 0.851. The average molecular weight is 223 g/mol. The van der Waals surface area contributed by atoms with Crippen LogP contribution >= 0.6 is 0 Å². The van der Waals surface area contributed by atoms with Gasteiger partial charge in [-0.1, -0.05) is 24.9 Å². The van der Waals surface area contributed by atoms with Gasteiger partial charge in [0.2, 0.25) is 5.89 Å². The summed E-state index contributed by atoms with van der Waals surface area (Å²) in [7, 11) is 0. The monoisotopic (exact) mass is 223 g/mol. The summed E-state index contributed by atoms with van der Waals surface area (Å²) >= 11 is 0. The van der Waals surface area contributed by atoms with Crippen molar-refractivity contribution in [3.05, 3.63) is 11.7 Å². The third-order valence-electron chi connectivity index (χ3n) is 3.30. The van der Waals surface area contributed by atoms with E-state index in [1.807, 2.05) is 0 Å². The molecule has 1 saturated carbocycles. The Labute approximate surface area is 96.6 Å². The van der Waals surface area contributed by atoms with Gasteiger partial charge in [-0.2, -0.15) is 4.98 Å². The molecule has 1 fully saturated rings. The van der Waals surface area contributed by atoms with Gasteiger partial charge in [-0.15, -0.1) is 0 Å². The summed E-state index contributed by atoms with van der Waals surface area (Å²) in [5.74, 6) is 2.06. The minimum absolute atomic E-state index is 0.310. The molecule has 90 valence electrons. The Bertz CT molecular complexity index is 324. The van der Waals surface area contributed by atoms with Crippen molar-refractivity contribution in [2.45, 2.75) is 63.8 Å². The van der Waals surface area contributed by atoms with Crippen molar-refractivity contribution in [2.75, 3.05) is 0 Å². The highest BCUT2D eigenvalue weighted by atomic mass is 16.5. The van der Waals surface area contributed by atoms with Crippen LogP contribution in [0.2, 0.25) is 0 Å². The average Bonchev–Trinajstić information content (AvgIpc) is 2.75. The lowest BCUT2D eigenvalue weighted by Gasteiger charge is -2.23. The van der Waals surface area contributed by atoms with Crippen LogP contribution in [-0.2, 0) is 6.42 Å². The second-order valence-electron chi connectivity index (χ2n) is 4.78. The Morgan fingerprint density at radius 2 is 2.31 bits per heavy atom. The van der Waals surface area contributed by atoms with Gasteiger partial charge in [0.15, 0.2) is 5.82 Å². The third-order valence-corrected chi connectivity index (χ3v) is 3.30. The first-order chi connectivity index (χ1) is 7.79. The van der Waals surface area contributed by atoms with Crippen LogP contribution in [-0.4, -0.2) is 16.2 Å². The summed E-state index contributed by atoms with van der Waals surface area (Å²) in [6, 6.07) is 0.310. The molecule has 0 aromatic carbocycles. The van der Waals surface area contributed by atoms with E-state index in [0.717, 1.165) is 50.2 Å². The fraction of sp³-hybridized carbons (Fsp3) is 0.833. The molecule has 4 heteroatoms. The number of aryl methyl sites for hydroxylation is 1. The molecular weight excluding hydrogens is 202 g/mol. The molecule has 2 rings (SSSR count). The lowest BCUT2D eigenvalue weighted by Crippen LogP contribution is -2.26. The second-order valence-corrected chi connectivity index (χ2v) is 4.78. The molecule has 1 aliphatic carbocycles. The molecule has 0 aliphatic heterocycles. The Balaban J connectivity index is 1.95. The minimum Gasteiger partial charge on any atom is -0.339 e. The van der Waals surface area contributed by atoms with Crippen molar-refractivity contribution in [1.29, 1.82) is 0 Å². The molecule has 0 radical (unpaired) electrons. The van der Waals surface area contributed by atoms with Gasteiger partial charge in [0, 0.05) is 18.4 Å². The number of aromatic nitrogens is 2. The topological polar surface area (TPSA) is 64.9 Å². The largest absolute Gasteiger partial charge is 0.339 e. The normalized spacial score (nSPS) is 25.9. The van der Waals surface area contributed by atoms with Crippen molar-refractivity contribution in [3.8, 4) is 0 Å². The molecule has 4 nitrogen and oxygen atoms in total. The van der Waals surface area contributed by atoms with Crippen LogP contribution in [0.4, 0.5) is 0 Å². The van der Waals surface area contributed by atoms with Gasteiger partial charge in [0.1, 0.15) is 0 Å². The summed E-state index contributed by atoms with van der Waals surface area (Å²) in [6.07, 6.45) is 7.67. The van der Waals surface area contributed by atoms with Crippen LogP contribution in [0.3, 0.4) is 0 Å². The molecule has 2 unspecified atom stereocenters. The minimum atomic E-state index is 0.310. The zero-order valence-corrected chi connectivity index (χ0v) is 9.98. The van der Waals surface area contributed by atoms with E-state index in [1.54, 1.807) is 0 Å². The Morgan fingerprint density at radius 3 is 3.06 bits per heavy atom. The van der Waals surface area contributed by atoms with Gasteiger partial charge in [-0.05, 0) is 25.7 Å². The van der Waals surface area contributed by atoms with Crippen LogP contribution in [0.15, 0.2) is 4.52 Å². The van der Waals surface area contributed by atoms with Gasteiger partial charge in [0.25, 0.3) is 0 Å². The lowest BCUT2D eigenvalue weighted by atomic mass is 9.86. The van der Waals surface area contributed by atoms with Gasteiger partial charge >= 0.3 is 0 Å². The molecule has 1 heterocycles. The SMILES string of the molecule is CCCCc1noc(C2CCCC(N)C2)n1. The first-order valence-electron chi connectivity index (χ1n) is 6.37. The van der Waals surface area contributed by atoms with Crippen LogP contribution in [0, 0.1) is 0 Å². The maximum Gasteiger partial charge on any atom is 0.229 e. The third kappa shape index (κ3) is 2.82. The summed E-state index contributed by atoms with van der Waals surface area (Å²) in [5.41, 5.74) is 5.96. The molecule has 2 N–H and O–H groups in total. The van der Waals surface area contributed by atoms with E-state index in [0.29, 0.717) is 12.0 Å². The van der Waals surface area contributed by atoms with E-state index in [-0.39, 0.29) is 0 Å². The smallest absolute Gasteiger partial charge is 0.229 e. The predicted molar refractivity (Wildman–Crippen MR) is 62.1 cm³/mol. The number of hydrogen-bond acceptors (Lipinski definition) is 4.